The highest BCUT2D eigenvalue weighted by atomic mass is 16.6. The molecule has 0 aromatic heterocycles. The van der Waals surface area contributed by atoms with E-state index in [1.54, 1.807) is 11.0 Å². The van der Waals surface area contributed by atoms with Crippen molar-refractivity contribution < 1.29 is 9.53 Å². The Morgan fingerprint density at radius 1 is 1.62 bits per heavy atom. The number of carbonyl (C=O) groups is 1. The molecule has 1 atom stereocenters. The van der Waals surface area contributed by atoms with Crippen molar-refractivity contribution >= 4 is 5.91 Å². The van der Waals surface area contributed by atoms with Crippen molar-refractivity contribution in [3.8, 4) is 0 Å². The van der Waals surface area contributed by atoms with Gasteiger partial charge in [0.2, 0.25) is 5.91 Å². The molecule has 1 unspecified atom stereocenters. The second kappa shape index (κ2) is 4.82. The molecule has 1 aliphatic rings. The van der Waals surface area contributed by atoms with E-state index in [1.165, 1.54) is 6.08 Å². The van der Waals surface area contributed by atoms with E-state index in [1.807, 2.05) is 0 Å². The van der Waals surface area contributed by atoms with Gasteiger partial charge in [-0.2, -0.15) is 0 Å². The Balaban J connectivity index is 2.30. The Morgan fingerprint density at radius 3 is 2.77 bits per heavy atom. The van der Waals surface area contributed by atoms with Crippen LogP contribution in [0.4, 0.5) is 0 Å². The first kappa shape index (κ1) is 9.99. The minimum absolute atomic E-state index is 0.0412. The minimum Gasteiger partial charge on any atom is -0.373 e. The normalized spacial score (nSPS) is 19.2. The quantitative estimate of drug-likeness (QED) is 0.347. The molecule has 0 radical (unpaired) electrons. The lowest BCUT2D eigenvalue weighted by molar-refractivity contribution is -0.125. The summed E-state index contributed by atoms with van der Waals surface area (Å²) in [5.41, 5.74) is 0. The number of nitrogens with zero attached hydrogens (tertiary/aromatic N) is 1. The summed E-state index contributed by atoms with van der Waals surface area (Å²) in [6, 6.07) is 0. The third kappa shape index (κ3) is 3.42. The van der Waals surface area contributed by atoms with E-state index in [4.69, 9.17) is 4.74 Å². The number of amides is 1. The van der Waals surface area contributed by atoms with Crippen molar-refractivity contribution in [1.29, 1.82) is 0 Å². The van der Waals surface area contributed by atoms with Gasteiger partial charge in [0.25, 0.3) is 0 Å². The number of ether oxygens (including phenoxy) is 1. The summed E-state index contributed by atoms with van der Waals surface area (Å²) in [5.74, 6) is -0.0412. The molecule has 1 aliphatic heterocycles. The predicted octanol–water partition coefficient (Wildman–Crippen LogP) is 0.976. The molecule has 13 heavy (non-hydrogen) atoms. The van der Waals surface area contributed by atoms with Gasteiger partial charge in [-0.3, -0.25) is 4.79 Å². The number of epoxide rings is 1. The fraction of sp³-hybridized carbons (Fsp3) is 0.500. The van der Waals surface area contributed by atoms with Crippen LogP contribution in [0.5, 0.6) is 0 Å². The van der Waals surface area contributed by atoms with Crippen LogP contribution in [0, 0.1) is 0 Å². The lowest BCUT2D eigenvalue weighted by atomic mass is 10.3. The Morgan fingerprint density at radius 2 is 2.31 bits per heavy atom. The molecule has 0 aromatic carbocycles. The van der Waals surface area contributed by atoms with E-state index in [0.29, 0.717) is 12.6 Å². The Hall–Kier alpha value is -1.09. The second-order valence-corrected chi connectivity index (χ2v) is 3.02. The largest absolute Gasteiger partial charge is 0.373 e. The monoisotopic (exact) mass is 181 g/mol. The van der Waals surface area contributed by atoms with Gasteiger partial charge in [0.1, 0.15) is 0 Å². The predicted molar refractivity (Wildman–Crippen MR) is 51.3 cm³/mol. The fourth-order valence-corrected chi connectivity index (χ4v) is 1.11. The SMILES string of the molecule is C=CCN(CCC1CO1)C(=O)C=C. The van der Waals surface area contributed by atoms with E-state index in [9.17, 15) is 4.79 Å². The van der Waals surface area contributed by atoms with E-state index in [2.05, 4.69) is 13.2 Å². The van der Waals surface area contributed by atoms with Crippen LogP contribution >= 0.6 is 0 Å². The van der Waals surface area contributed by atoms with E-state index >= 15 is 0 Å². The van der Waals surface area contributed by atoms with E-state index in [0.717, 1.165) is 19.6 Å². The van der Waals surface area contributed by atoms with Crippen molar-refractivity contribution in [2.24, 2.45) is 0 Å². The van der Waals surface area contributed by atoms with Gasteiger partial charge >= 0.3 is 0 Å². The van der Waals surface area contributed by atoms with Crippen LogP contribution in [-0.4, -0.2) is 36.6 Å². The maximum absolute atomic E-state index is 11.3. The summed E-state index contributed by atoms with van der Waals surface area (Å²) < 4.78 is 5.06. The van der Waals surface area contributed by atoms with E-state index < -0.39 is 0 Å². The molecular weight excluding hydrogens is 166 g/mol. The van der Waals surface area contributed by atoms with Crippen LogP contribution in [0.1, 0.15) is 6.42 Å². The summed E-state index contributed by atoms with van der Waals surface area (Å²) >= 11 is 0. The van der Waals surface area contributed by atoms with Gasteiger partial charge in [0.05, 0.1) is 12.7 Å². The Labute approximate surface area is 78.7 Å². The van der Waals surface area contributed by atoms with Gasteiger partial charge in [-0.15, -0.1) is 6.58 Å². The molecule has 1 fully saturated rings. The first-order valence-electron chi connectivity index (χ1n) is 4.41. The number of carbonyl (C=O) groups excluding carboxylic acids is 1. The summed E-state index contributed by atoms with van der Waals surface area (Å²) in [6.07, 6.45) is 4.32. The van der Waals surface area contributed by atoms with Crippen LogP contribution < -0.4 is 0 Å². The van der Waals surface area contributed by atoms with Gasteiger partial charge in [0.15, 0.2) is 0 Å². The average molecular weight is 181 g/mol. The fourth-order valence-electron chi connectivity index (χ4n) is 1.11. The van der Waals surface area contributed by atoms with Gasteiger partial charge in [0, 0.05) is 13.1 Å². The van der Waals surface area contributed by atoms with Crippen molar-refractivity contribution in [2.45, 2.75) is 12.5 Å². The zero-order chi connectivity index (χ0) is 9.68. The lowest BCUT2D eigenvalue weighted by Crippen LogP contribution is -2.31. The standard InChI is InChI=1S/C10H15NO2/c1-3-6-11(10(12)4-2)7-5-9-8-13-9/h3-4,9H,1-2,5-8H2. The molecule has 0 aromatic rings. The topological polar surface area (TPSA) is 32.8 Å². The molecule has 0 spiro atoms. The van der Waals surface area contributed by atoms with Gasteiger partial charge in [-0.05, 0) is 12.5 Å². The summed E-state index contributed by atoms with van der Waals surface area (Å²) in [7, 11) is 0. The van der Waals surface area contributed by atoms with Gasteiger partial charge < -0.3 is 9.64 Å². The lowest BCUT2D eigenvalue weighted by Gasteiger charge is -2.18. The summed E-state index contributed by atoms with van der Waals surface area (Å²) in [6.45, 7) is 9.19. The second-order valence-electron chi connectivity index (χ2n) is 3.02. The highest BCUT2D eigenvalue weighted by Gasteiger charge is 2.23. The zero-order valence-corrected chi connectivity index (χ0v) is 7.74. The molecule has 1 heterocycles. The van der Waals surface area contributed by atoms with E-state index in [-0.39, 0.29) is 5.91 Å². The van der Waals surface area contributed by atoms with Gasteiger partial charge in [-0.25, -0.2) is 0 Å². The van der Waals surface area contributed by atoms with Crippen LogP contribution in [0.3, 0.4) is 0 Å². The Bertz CT molecular complexity index is 209. The third-order valence-electron chi connectivity index (χ3n) is 1.96. The molecule has 72 valence electrons. The van der Waals surface area contributed by atoms with Crippen molar-refractivity contribution in [3.63, 3.8) is 0 Å². The smallest absolute Gasteiger partial charge is 0.246 e. The molecular formula is C10H15NO2. The molecule has 3 nitrogen and oxygen atoms in total. The molecule has 0 N–H and O–H groups in total. The maximum Gasteiger partial charge on any atom is 0.246 e. The molecule has 0 bridgehead atoms. The molecule has 3 heteroatoms. The van der Waals surface area contributed by atoms with Crippen LogP contribution in [0.15, 0.2) is 25.3 Å². The van der Waals surface area contributed by atoms with Gasteiger partial charge in [-0.1, -0.05) is 12.7 Å². The van der Waals surface area contributed by atoms with Crippen LogP contribution in [0.25, 0.3) is 0 Å². The average Bonchev–Trinajstić information content (AvgIpc) is 2.94. The molecule has 1 saturated heterocycles. The first-order valence-corrected chi connectivity index (χ1v) is 4.41. The highest BCUT2D eigenvalue weighted by molar-refractivity contribution is 5.87. The number of hydrogen-bond donors (Lipinski definition) is 0. The number of hydrogen-bond acceptors (Lipinski definition) is 2. The molecule has 0 aliphatic carbocycles. The van der Waals surface area contributed by atoms with Crippen molar-refractivity contribution in [3.05, 3.63) is 25.3 Å². The van der Waals surface area contributed by atoms with Crippen molar-refractivity contribution in [2.75, 3.05) is 19.7 Å². The zero-order valence-electron chi connectivity index (χ0n) is 7.74. The Kier molecular flexibility index (Phi) is 3.71. The molecule has 1 amide bonds. The minimum atomic E-state index is -0.0412. The first-order chi connectivity index (χ1) is 6.27. The summed E-state index contributed by atoms with van der Waals surface area (Å²) in [5, 5.41) is 0. The molecule has 0 saturated carbocycles. The van der Waals surface area contributed by atoms with Crippen LogP contribution in [0.2, 0.25) is 0 Å². The third-order valence-corrected chi connectivity index (χ3v) is 1.96. The van der Waals surface area contributed by atoms with Crippen LogP contribution in [-0.2, 0) is 9.53 Å². The number of rotatable bonds is 6. The highest BCUT2D eigenvalue weighted by Crippen LogP contribution is 2.13. The maximum atomic E-state index is 11.3. The van der Waals surface area contributed by atoms with Crippen molar-refractivity contribution in [1.82, 2.24) is 4.90 Å². The molecule has 1 rings (SSSR count). The summed E-state index contributed by atoms with van der Waals surface area (Å²) in [4.78, 5) is 13.0.